The van der Waals surface area contributed by atoms with Crippen LogP contribution < -0.4 is 5.40 Å². The molecular formula is C15H19NOSi. The Balaban J connectivity index is 2.27. The first-order valence-electron chi connectivity index (χ1n) is 6.18. The van der Waals surface area contributed by atoms with E-state index in [0.717, 1.165) is 6.42 Å². The van der Waals surface area contributed by atoms with Crippen molar-refractivity contribution in [3.8, 4) is 0 Å². The van der Waals surface area contributed by atoms with E-state index >= 15 is 0 Å². The molecule has 0 aliphatic heterocycles. The largest absolute Gasteiger partial charge is 0.399 e. The van der Waals surface area contributed by atoms with Gasteiger partial charge in [0, 0.05) is 6.42 Å². The molecule has 2 nitrogen and oxygen atoms in total. The van der Waals surface area contributed by atoms with Crippen LogP contribution in [-0.4, -0.2) is 9.92 Å². The third-order valence-electron chi connectivity index (χ3n) is 3.17. The maximum absolute atomic E-state index is 5.94. The van der Waals surface area contributed by atoms with Crippen LogP contribution in [0.2, 0.25) is 0 Å². The van der Waals surface area contributed by atoms with Gasteiger partial charge >= 0.3 is 0 Å². The van der Waals surface area contributed by atoms with E-state index in [0.29, 0.717) is 0 Å². The molecule has 2 aromatic rings. The Morgan fingerprint density at radius 1 is 1.00 bits per heavy atom. The highest BCUT2D eigenvalue weighted by molar-refractivity contribution is 6.22. The molecule has 2 N–H and O–H groups in total. The Labute approximate surface area is 111 Å². The normalized spacial score (nSPS) is 14.8. The van der Waals surface area contributed by atoms with Gasteiger partial charge in [0.05, 0.1) is 5.60 Å². The topological polar surface area (TPSA) is 35.2 Å². The average Bonchev–Trinajstić information content (AvgIpc) is 2.41. The number of hydrogen-bond acceptors (Lipinski definition) is 2. The molecule has 0 radical (unpaired) electrons. The summed E-state index contributed by atoms with van der Waals surface area (Å²) >= 11 is 0. The summed E-state index contributed by atoms with van der Waals surface area (Å²) in [5, 5.41) is 5.72. The van der Waals surface area contributed by atoms with Gasteiger partial charge in [-0.2, -0.15) is 0 Å². The van der Waals surface area contributed by atoms with Crippen molar-refractivity contribution in [1.82, 2.24) is 0 Å². The lowest BCUT2D eigenvalue weighted by Crippen LogP contribution is -2.33. The summed E-state index contributed by atoms with van der Waals surface area (Å²) in [4.78, 5) is 0. The molecule has 2 rings (SSSR count). The predicted molar refractivity (Wildman–Crippen MR) is 77.8 cm³/mol. The third-order valence-corrected chi connectivity index (χ3v) is 3.97. The van der Waals surface area contributed by atoms with Crippen LogP contribution in [-0.2, 0) is 16.4 Å². The molecule has 1 atom stereocenters. The summed E-state index contributed by atoms with van der Waals surface area (Å²) in [6, 6.07) is 20.7. The van der Waals surface area contributed by atoms with Gasteiger partial charge in [-0.3, -0.25) is 0 Å². The van der Waals surface area contributed by atoms with Gasteiger partial charge in [0.15, 0.2) is 0 Å². The predicted octanol–water partition coefficient (Wildman–Crippen LogP) is 2.12. The van der Waals surface area contributed by atoms with Crippen molar-refractivity contribution in [3.63, 3.8) is 0 Å². The second-order valence-electron chi connectivity index (χ2n) is 4.57. The van der Waals surface area contributed by atoms with Crippen molar-refractivity contribution in [2.75, 3.05) is 0 Å². The fourth-order valence-corrected chi connectivity index (χ4v) is 2.83. The molecule has 18 heavy (non-hydrogen) atoms. The summed E-state index contributed by atoms with van der Waals surface area (Å²) < 4.78 is 5.94. The van der Waals surface area contributed by atoms with E-state index in [1.165, 1.54) is 11.1 Å². The maximum Gasteiger partial charge on any atom is 0.234 e. The summed E-state index contributed by atoms with van der Waals surface area (Å²) in [7, 11) is -0.950. The van der Waals surface area contributed by atoms with Crippen molar-refractivity contribution < 1.29 is 4.43 Å². The van der Waals surface area contributed by atoms with Crippen LogP contribution in [0.4, 0.5) is 0 Å². The van der Waals surface area contributed by atoms with E-state index in [1.807, 2.05) is 24.3 Å². The monoisotopic (exact) mass is 257 g/mol. The summed E-state index contributed by atoms with van der Waals surface area (Å²) in [6.07, 6.45) is 0.849. The minimum Gasteiger partial charge on any atom is -0.399 e. The molecule has 3 heteroatoms. The Kier molecular flexibility index (Phi) is 4.31. The van der Waals surface area contributed by atoms with Gasteiger partial charge in [-0.25, -0.2) is 0 Å². The number of benzene rings is 2. The smallest absolute Gasteiger partial charge is 0.234 e. The molecule has 0 bridgehead atoms. The van der Waals surface area contributed by atoms with Crippen LogP contribution >= 0.6 is 0 Å². The van der Waals surface area contributed by atoms with Crippen molar-refractivity contribution >= 4 is 9.92 Å². The first-order valence-corrected chi connectivity index (χ1v) is 7.57. The molecule has 0 saturated heterocycles. The van der Waals surface area contributed by atoms with Crippen LogP contribution in [0.3, 0.4) is 0 Å². The van der Waals surface area contributed by atoms with Gasteiger partial charge in [-0.1, -0.05) is 60.7 Å². The van der Waals surface area contributed by atoms with Crippen molar-refractivity contribution in [3.05, 3.63) is 71.8 Å². The molecule has 0 aliphatic carbocycles. The molecule has 0 saturated carbocycles. The van der Waals surface area contributed by atoms with Gasteiger partial charge < -0.3 is 9.83 Å². The van der Waals surface area contributed by atoms with E-state index < -0.39 is 9.92 Å². The van der Waals surface area contributed by atoms with E-state index in [1.54, 1.807) is 0 Å². The summed E-state index contributed by atoms with van der Waals surface area (Å²) in [6.45, 7) is 2.12. The summed E-state index contributed by atoms with van der Waals surface area (Å²) in [5.74, 6) is 0. The number of rotatable bonds is 5. The molecule has 0 aliphatic rings. The van der Waals surface area contributed by atoms with Gasteiger partial charge in [0.25, 0.3) is 0 Å². The molecule has 0 aromatic heterocycles. The third kappa shape index (κ3) is 3.07. The lowest BCUT2D eigenvalue weighted by molar-refractivity contribution is 0.0929. The average molecular weight is 257 g/mol. The van der Waals surface area contributed by atoms with Crippen LogP contribution in [0.5, 0.6) is 0 Å². The van der Waals surface area contributed by atoms with Crippen molar-refractivity contribution in [2.24, 2.45) is 5.40 Å². The second-order valence-corrected chi connectivity index (χ2v) is 5.19. The zero-order valence-corrected chi connectivity index (χ0v) is 12.1. The Morgan fingerprint density at radius 3 is 2.11 bits per heavy atom. The standard InChI is InChI=1S/C15H19NOSi/c1-15(17-18-16,14-10-6-3-7-11-14)12-13-8-4-2-5-9-13/h2-11H,12,16,18H2,1H3. The van der Waals surface area contributed by atoms with Gasteiger partial charge in [0.2, 0.25) is 9.92 Å². The first-order chi connectivity index (χ1) is 8.74. The quantitative estimate of drug-likeness (QED) is 0.833. The Bertz CT molecular complexity index is 474. The lowest BCUT2D eigenvalue weighted by Gasteiger charge is -2.30. The highest BCUT2D eigenvalue weighted by Crippen LogP contribution is 2.28. The zero-order valence-electron chi connectivity index (χ0n) is 10.7. The molecule has 0 amide bonds. The lowest BCUT2D eigenvalue weighted by atomic mass is 9.89. The molecule has 94 valence electrons. The number of nitrogens with two attached hydrogens (primary N) is 1. The summed E-state index contributed by atoms with van der Waals surface area (Å²) in [5.41, 5.74) is 2.14. The molecular weight excluding hydrogens is 238 g/mol. The van der Waals surface area contributed by atoms with Crippen molar-refractivity contribution in [2.45, 2.75) is 18.9 Å². The fraction of sp³-hybridized carbons (Fsp3) is 0.200. The van der Waals surface area contributed by atoms with E-state index in [2.05, 4.69) is 43.3 Å². The highest BCUT2D eigenvalue weighted by atomic mass is 28.2. The highest BCUT2D eigenvalue weighted by Gasteiger charge is 2.26. The van der Waals surface area contributed by atoms with Gasteiger partial charge in [-0.15, -0.1) is 0 Å². The van der Waals surface area contributed by atoms with Crippen LogP contribution in [0.25, 0.3) is 0 Å². The van der Waals surface area contributed by atoms with E-state index in [4.69, 9.17) is 9.83 Å². The van der Waals surface area contributed by atoms with Gasteiger partial charge in [-0.05, 0) is 18.1 Å². The molecule has 1 unspecified atom stereocenters. The van der Waals surface area contributed by atoms with Crippen LogP contribution in [0.1, 0.15) is 18.1 Å². The minimum absolute atomic E-state index is 0.316. The Morgan fingerprint density at radius 2 is 1.56 bits per heavy atom. The van der Waals surface area contributed by atoms with E-state index in [-0.39, 0.29) is 5.60 Å². The van der Waals surface area contributed by atoms with Crippen LogP contribution in [0, 0.1) is 0 Å². The molecule has 0 fully saturated rings. The molecule has 0 heterocycles. The number of hydrogen-bond donors (Lipinski definition) is 1. The minimum atomic E-state index is -0.950. The van der Waals surface area contributed by atoms with Crippen molar-refractivity contribution in [1.29, 1.82) is 0 Å². The molecule has 2 aromatic carbocycles. The molecule has 0 spiro atoms. The fourth-order valence-electron chi connectivity index (χ4n) is 2.20. The zero-order chi connectivity index (χ0) is 12.8. The maximum atomic E-state index is 5.94. The van der Waals surface area contributed by atoms with E-state index in [9.17, 15) is 0 Å². The SMILES string of the molecule is CC(Cc1ccccc1)(O[SiH2]N)c1ccccc1. The second kappa shape index (κ2) is 5.95. The van der Waals surface area contributed by atoms with Gasteiger partial charge in [0.1, 0.15) is 0 Å². The van der Waals surface area contributed by atoms with Crippen LogP contribution in [0.15, 0.2) is 60.7 Å². The Hall–Kier alpha value is -1.42. The first kappa shape index (κ1) is 13.0.